The fourth-order valence-corrected chi connectivity index (χ4v) is 4.07. The minimum Gasteiger partial charge on any atom is -0.444 e. The van der Waals surface area contributed by atoms with Crippen LogP contribution >= 0.6 is 0 Å². The van der Waals surface area contributed by atoms with Gasteiger partial charge >= 0.3 is 6.09 Å². The minimum absolute atomic E-state index is 0.0261. The number of carbonyl (C=O) groups excluding carboxylic acids is 2. The first kappa shape index (κ1) is 19.5. The summed E-state index contributed by atoms with van der Waals surface area (Å²) in [4.78, 5) is 29.5. The van der Waals surface area contributed by atoms with Crippen LogP contribution in [0.15, 0.2) is 24.3 Å². The van der Waals surface area contributed by atoms with Gasteiger partial charge in [0.2, 0.25) is 0 Å². The average Bonchev–Trinajstić information content (AvgIpc) is 3.00. The van der Waals surface area contributed by atoms with Crippen LogP contribution in [-0.4, -0.2) is 50.3 Å². The Morgan fingerprint density at radius 3 is 2.41 bits per heavy atom. The van der Waals surface area contributed by atoms with Crippen molar-refractivity contribution in [2.45, 2.75) is 52.3 Å². The van der Waals surface area contributed by atoms with Gasteiger partial charge in [-0.15, -0.1) is 0 Å². The predicted octanol–water partition coefficient (Wildman–Crippen LogP) is 2.91. The molecular weight excluding hydrogens is 368 g/mol. The molecule has 7 nitrogen and oxygen atoms in total. The number of amides is 2. The molecule has 2 amide bonds. The number of hydrogen-bond acceptors (Lipinski definition) is 4. The van der Waals surface area contributed by atoms with Crippen molar-refractivity contribution in [3.8, 4) is 0 Å². The van der Waals surface area contributed by atoms with Crippen molar-refractivity contribution in [2.24, 2.45) is 7.05 Å². The number of carbonyl (C=O) groups is 2. The molecule has 29 heavy (non-hydrogen) atoms. The quantitative estimate of drug-likeness (QED) is 0.743. The maximum absolute atomic E-state index is 13.4. The predicted molar refractivity (Wildman–Crippen MR) is 108 cm³/mol. The Labute approximate surface area is 171 Å². The van der Waals surface area contributed by atoms with Crippen molar-refractivity contribution in [1.29, 1.82) is 0 Å². The van der Waals surface area contributed by atoms with Crippen molar-refractivity contribution in [3.05, 3.63) is 52.3 Å². The van der Waals surface area contributed by atoms with E-state index in [9.17, 15) is 9.59 Å². The number of fused-ring (bicyclic) bond motifs is 2. The number of rotatable bonds is 1. The van der Waals surface area contributed by atoms with Crippen LogP contribution in [0.3, 0.4) is 0 Å². The molecule has 0 aliphatic carbocycles. The van der Waals surface area contributed by atoms with E-state index in [1.54, 1.807) is 16.6 Å². The summed E-state index contributed by atoms with van der Waals surface area (Å²) in [6, 6.07) is 8.26. The molecule has 0 atom stereocenters. The normalized spacial score (nSPS) is 16.3. The first-order chi connectivity index (χ1) is 13.7. The Morgan fingerprint density at radius 1 is 1.00 bits per heavy atom. The molecule has 0 N–H and O–H groups in total. The summed E-state index contributed by atoms with van der Waals surface area (Å²) in [6.07, 6.45) is 1.13. The molecule has 0 spiro atoms. The van der Waals surface area contributed by atoms with Crippen molar-refractivity contribution in [2.75, 3.05) is 13.1 Å². The second-order valence-electron chi connectivity index (χ2n) is 8.79. The molecule has 0 unspecified atom stereocenters. The Balaban J connectivity index is 1.57. The third-order valence-corrected chi connectivity index (χ3v) is 5.47. The Morgan fingerprint density at radius 2 is 1.69 bits per heavy atom. The number of aromatic nitrogens is 2. The standard InChI is InChI=1S/C22H28N4O3/c1-22(2,3)29-21(28)26-12-10-18-17(14-26)19(24(4)23-18)20(27)25-11-9-15-7-5-6-8-16(15)13-25/h5-8H,9-14H2,1-4H3. The van der Waals surface area contributed by atoms with Crippen LogP contribution in [0.1, 0.15) is 53.6 Å². The molecule has 4 rings (SSSR count). The van der Waals surface area contributed by atoms with Crippen molar-refractivity contribution in [1.82, 2.24) is 19.6 Å². The van der Waals surface area contributed by atoms with Crippen LogP contribution in [-0.2, 0) is 37.7 Å². The summed E-state index contributed by atoms with van der Waals surface area (Å²) in [5.74, 6) is -0.0261. The molecule has 2 aromatic rings. The van der Waals surface area contributed by atoms with E-state index in [-0.39, 0.29) is 12.0 Å². The van der Waals surface area contributed by atoms with E-state index in [1.807, 2.05) is 37.8 Å². The summed E-state index contributed by atoms with van der Waals surface area (Å²) in [5.41, 5.74) is 4.26. The lowest BCUT2D eigenvalue weighted by Gasteiger charge is -2.31. The van der Waals surface area contributed by atoms with Crippen LogP contribution in [0.4, 0.5) is 4.79 Å². The highest BCUT2D eigenvalue weighted by molar-refractivity contribution is 5.94. The Hall–Kier alpha value is -2.83. The van der Waals surface area contributed by atoms with Gasteiger partial charge in [-0.25, -0.2) is 4.79 Å². The largest absolute Gasteiger partial charge is 0.444 e. The zero-order chi connectivity index (χ0) is 20.8. The summed E-state index contributed by atoms with van der Waals surface area (Å²) in [6.45, 7) is 7.75. The topological polar surface area (TPSA) is 67.7 Å². The molecule has 2 aliphatic rings. The van der Waals surface area contributed by atoms with Gasteiger partial charge in [0.25, 0.3) is 5.91 Å². The van der Waals surface area contributed by atoms with Crippen LogP contribution in [0.25, 0.3) is 0 Å². The van der Waals surface area contributed by atoms with Gasteiger partial charge in [-0.3, -0.25) is 9.48 Å². The summed E-state index contributed by atoms with van der Waals surface area (Å²) >= 11 is 0. The van der Waals surface area contributed by atoms with E-state index in [0.717, 1.165) is 17.7 Å². The second-order valence-corrected chi connectivity index (χ2v) is 8.79. The van der Waals surface area contributed by atoms with Crippen molar-refractivity contribution >= 4 is 12.0 Å². The zero-order valence-corrected chi connectivity index (χ0v) is 17.6. The van der Waals surface area contributed by atoms with Gasteiger partial charge < -0.3 is 14.5 Å². The minimum atomic E-state index is -0.549. The number of nitrogens with zero attached hydrogens (tertiary/aromatic N) is 4. The third kappa shape index (κ3) is 3.86. The van der Waals surface area contributed by atoms with Crippen LogP contribution in [0.2, 0.25) is 0 Å². The average molecular weight is 396 g/mol. The summed E-state index contributed by atoms with van der Waals surface area (Å²) in [5, 5.41) is 4.57. The van der Waals surface area contributed by atoms with Gasteiger partial charge in [-0.05, 0) is 38.3 Å². The molecule has 0 bridgehead atoms. The van der Waals surface area contributed by atoms with Gasteiger partial charge in [-0.1, -0.05) is 24.3 Å². The highest BCUT2D eigenvalue weighted by Gasteiger charge is 2.33. The van der Waals surface area contributed by atoms with Crippen LogP contribution in [0, 0.1) is 0 Å². The number of aryl methyl sites for hydroxylation is 1. The molecule has 0 saturated carbocycles. The molecular formula is C22H28N4O3. The molecule has 3 heterocycles. The van der Waals surface area contributed by atoms with Gasteiger partial charge in [0.05, 0.1) is 12.2 Å². The fraction of sp³-hybridized carbons (Fsp3) is 0.500. The molecule has 0 radical (unpaired) electrons. The van der Waals surface area contributed by atoms with Gasteiger partial charge in [-0.2, -0.15) is 5.10 Å². The number of hydrogen-bond donors (Lipinski definition) is 0. The molecule has 0 fully saturated rings. The molecule has 1 aromatic heterocycles. The van der Waals surface area contributed by atoms with Crippen molar-refractivity contribution in [3.63, 3.8) is 0 Å². The monoisotopic (exact) mass is 396 g/mol. The van der Waals surface area contributed by atoms with E-state index < -0.39 is 5.60 Å². The zero-order valence-electron chi connectivity index (χ0n) is 17.6. The lowest BCUT2D eigenvalue weighted by atomic mass is 9.99. The first-order valence-corrected chi connectivity index (χ1v) is 10.1. The highest BCUT2D eigenvalue weighted by atomic mass is 16.6. The summed E-state index contributed by atoms with van der Waals surface area (Å²) < 4.78 is 7.19. The number of benzene rings is 1. The van der Waals surface area contributed by atoms with E-state index in [4.69, 9.17) is 4.74 Å². The number of ether oxygens (including phenoxy) is 1. The van der Waals surface area contributed by atoms with Gasteiger partial charge in [0, 0.05) is 38.7 Å². The third-order valence-electron chi connectivity index (χ3n) is 5.47. The molecule has 0 saturated heterocycles. The maximum Gasteiger partial charge on any atom is 0.410 e. The summed E-state index contributed by atoms with van der Waals surface area (Å²) in [7, 11) is 1.81. The SMILES string of the molecule is Cn1nc2c(c1C(=O)N1CCc3ccccc3C1)CN(C(=O)OC(C)(C)C)CC2. The van der Waals surface area contributed by atoms with Gasteiger partial charge in [0.15, 0.2) is 0 Å². The fourth-order valence-electron chi connectivity index (χ4n) is 4.07. The molecule has 2 aliphatic heterocycles. The maximum atomic E-state index is 13.4. The second kappa shape index (κ2) is 7.21. The first-order valence-electron chi connectivity index (χ1n) is 10.1. The lowest BCUT2D eigenvalue weighted by Crippen LogP contribution is -2.41. The molecule has 1 aromatic carbocycles. The van der Waals surface area contributed by atoms with Crippen LogP contribution < -0.4 is 0 Å². The van der Waals surface area contributed by atoms with E-state index in [2.05, 4.69) is 17.2 Å². The Kier molecular flexibility index (Phi) is 4.84. The highest BCUT2D eigenvalue weighted by Crippen LogP contribution is 2.26. The van der Waals surface area contributed by atoms with Crippen LogP contribution in [0.5, 0.6) is 0 Å². The Bertz CT molecular complexity index is 957. The molecule has 7 heteroatoms. The van der Waals surface area contributed by atoms with E-state index >= 15 is 0 Å². The molecule has 154 valence electrons. The lowest BCUT2D eigenvalue weighted by molar-refractivity contribution is 0.0222. The van der Waals surface area contributed by atoms with Crippen molar-refractivity contribution < 1.29 is 14.3 Å². The van der Waals surface area contributed by atoms with E-state index in [1.165, 1.54) is 11.1 Å². The van der Waals surface area contributed by atoms with Gasteiger partial charge in [0.1, 0.15) is 11.3 Å². The smallest absolute Gasteiger partial charge is 0.410 e. The van der Waals surface area contributed by atoms with E-state index in [0.29, 0.717) is 38.3 Å².